The SMILES string of the molecule is Cc1nc(N2CCC3CNC(=O)C3C2)nnc1Cl. The van der Waals surface area contributed by atoms with Crippen molar-refractivity contribution in [3.8, 4) is 0 Å². The molecule has 1 amide bonds. The fourth-order valence-electron chi connectivity index (χ4n) is 2.60. The molecule has 0 saturated carbocycles. The average Bonchev–Trinajstić information content (AvgIpc) is 2.74. The second-order valence-electron chi connectivity index (χ2n) is 4.83. The number of halogens is 1. The van der Waals surface area contributed by atoms with Crippen LogP contribution < -0.4 is 10.2 Å². The van der Waals surface area contributed by atoms with Gasteiger partial charge in [-0.25, -0.2) is 4.98 Å². The van der Waals surface area contributed by atoms with E-state index >= 15 is 0 Å². The third kappa shape index (κ3) is 1.90. The first kappa shape index (κ1) is 11.6. The lowest BCUT2D eigenvalue weighted by molar-refractivity contribution is -0.122. The van der Waals surface area contributed by atoms with Gasteiger partial charge < -0.3 is 10.2 Å². The van der Waals surface area contributed by atoms with Gasteiger partial charge in [0.25, 0.3) is 0 Å². The fourth-order valence-corrected chi connectivity index (χ4v) is 2.68. The Morgan fingerprint density at radius 2 is 2.28 bits per heavy atom. The number of fused-ring (bicyclic) bond motifs is 1. The Hall–Kier alpha value is -1.43. The van der Waals surface area contributed by atoms with Gasteiger partial charge in [-0.05, 0) is 19.3 Å². The molecule has 0 spiro atoms. The molecule has 2 aliphatic heterocycles. The van der Waals surface area contributed by atoms with Crippen LogP contribution in [0.5, 0.6) is 0 Å². The van der Waals surface area contributed by atoms with Crippen LogP contribution in [0.2, 0.25) is 5.15 Å². The van der Waals surface area contributed by atoms with E-state index in [2.05, 4.69) is 20.5 Å². The summed E-state index contributed by atoms with van der Waals surface area (Å²) >= 11 is 5.81. The van der Waals surface area contributed by atoms with Crippen molar-refractivity contribution in [1.82, 2.24) is 20.5 Å². The van der Waals surface area contributed by atoms with Gasteiger partial charge in [-0.2, -0.15) is 0 Å². The number of piperidine rings is 1. The zero-order valence-corrected chi connectivity index (χ0v) is 10.8. The van der Waals surface area contributed by atoms with Gasteiger partial charge in [-0.1, -0.05) is 11.6 Å². The van der Waals surface area contributed by atoms with E-state index < -0.39 is 0 Å². The van der Waals surface area contributed by atoms with Crippen molar-refractivity contribution in [2.75, 3.05) is 24.5 Å². The normalized spacial score (nSPS) is 27.0. The Balaban J connectivity index is 1.81. The summed E-state index contributed by atoms with van der Waals surface area (Å²) < 4.78 is 0. The van der Waals surface area contributed by atoms with Gasteiger partial charge in [0.2, 0.25) is 11.9 Å². The number of nitrogens with zero attached hydrogens (tertiary/aromatic N) is 4. The molecule has 0 bridgehead atoms. The number of carbonyl (C=O) groups excluding carboxylic acids is 1. The van der Waals surface area contributed by atoms with Gasteiger partial charge in [0.15, 0.2) is 5.15 Å². The van der Waals surface area contributed by atoms with E-state index in [1.54, 1.807) is 6.92 Å². The highest BCUT2D eigenvalue weighted by molar-refractivity contribution is 6.29. The molecule has 2 unspecified atom stereocenters. The minimum absolute atomic E-state index is 0.0540. The summed E-state index contributed by atoms with van der Waals surface area (Å²) in [5.41, 5.74) is 0.666. The molecular weight excluding hydrogens is 254 g/mol. The van der Waals surface area contributed by atoms with Crippen LogP contribution in [-0.2, 0) is 4.79 Å². The van der Waals surface area contributed by atoms with Crippen molar-refractivity contribution in [2.24, 2.45) is 11.8 Å². The molecule has 96 valence electrons. The molecule has 7 heteroatoms. The standard InChI is InChI=1S/C11H14ClN5O/c1-6-9(12)15-16-11(14-6)17-3-2-7-4-13-10(18)8(7)5-17/h7-8H,2-5H2,1H3,(H,13,18). The van der Waals surface area contributed by atoms with Crippen molar-refractivity contribution in [3.05, 3.63) is 10.8 Å². The predicted octanol–water partition coefficient (Wildman–Crippen LogP) is 0.406. The van der Waals surface area contributed by atoms with Crippen LogP contribution in [0.25, 0.3) is 0 Å². The first-order chi connectivity index (χ1) is 8.65. The molecule has 0 aliphatic carbocycles. The number of rotatable bonds is 1. The number of hydrogen-bond donors (Lipinski definition) is 1. The summed E-state index contributed by atoms with van der Waals surface area (Å²) in [6.45, 7) is 4.13. The van der Waals surface area contributed by atoms with Gasteiger partial charge in [-0.3, -0.25) is 4.79 Å². The Labute approximate surface area is 110 Å². The zero-order chi connectivity index (χ0) is 12.7. The third-order valence-electron chi connectivity index (χ3n) is 3.71. The Bertz CT molecular complexity index is 494. The summed E-state index contributed by atoms with van der Waals surface area (Å²) in [4.78, 5) is 18.0. The molecule has 2 saturated heterocycles. The number of aryl methyl sites for hydroxylation is 1. The molecule has 1 aromatic heterocycles. The quantitative estimate of drug-likeness (QED) is 0.798. The maximum atomic E-state index is 11.7. The number of hydrogen-bond acceptors (Lipinski definition) is 5. The van der Waals surface area contributed by atoms with Crippen LogP contribution >= 0.6 is 11.6 Å². The van der Waals surface area contributed by atoms with Crippen LogP contribution in [0.3, 0.4) is 0 Å². The van der Waals surface area contributed by atoms with Gasteiger partial charge in [0, 0.05) is 19.6 Å². The Morgan fingerprint density at radius 1 is 1.44 bits per heavy atom. The van der Waals surface area contributed by atoms with E-state index in [1.807, 2.05) is 4.90 Å². The van der Waals surface area contributed by atoms with Crippen molar-refractivity contribution in [3.63, 3.8) is 0 Å². The highest BCUT2D eigenvalue weighted by atomic mass is 35.5. The maximum Gasteiger partial charge on any atom is 0.245 e. The summed E-state index contributed by atoms with van der Waals surface area (Å²) in [6, 6.07) is 0. The number of carbonyl (C=O) groups is 1. The topological polar surface area (TPSA) is 71.0 Å². The van der Waals surface area contributed by atoms with Crippen molar-refractivity contribution in [2.45, 2.75) is 13.3 Å². The maximum absolute atomic E-state index is 11.7. The third-order valence-corrected chi connectivity index (χ3v) is 4.06. The molecule has 0 radical (unpaired) electrons. The first-order valence-corrected chi connectivity index (χ1v) is 6.42. The van der Waals surface area contributed by atoms with Crippen molar-refractivity contribution >= 4 is 23.5 Å². The smallest absolute Gasteiger partial charge is 0.245 e. The minimum Gasteiger partial charge on any atom is -0.355 e. The largest absolute Gasteiger partial charge is 0.355 e. The van der Waals surface area contributed by atoms with Crippen LogP contribution in [0.15, 0.2) is 0 Å². The number of nitrogens with one attached hydrogen (secondary N) is 1. The molecule has 1 aromatic rings. The molecule has 6 nitrogen and oxygen atoms in total. The van der Waals surface area contributed by atoms with E-state index in [0.717, 1.165) is 19.5 Å². The predicted molar refractivity (Wildman–Crippen MR) is 66.4 cm³/mol. The molecule has 3 rings (SSSR count). The van der Waals surface area contributed by atoms with Crippen LogP contribution in [-0.4, -0.2) is 40.7 Å². The molecular formula is C11H14ClN5O. The van der Waals surface area contributed by atoms with E-state index in [1.165, 1.54) is 0 Å². The second-order valence-corrected chi connectivity index (χ2v) is 5.19. The summed E-state index contributed by atoms with van der Waals surface area (Å²) in [7, 11) is 0. The van der Waals surface area contributed by atoms with Crippen LogP contribution in [0.1, 0.15) is 12.1 Å². The molecule has 0 aromatic carbocycles. The zero-order valence-electron chi connectivity index (χ0n) is 10.1. The first-order valence-electron chi connectivity index (χ1n) is 6.04. The highest BCUT2D eigenvalue weighted by Crippen LogP contribution is 2.29. The average molecular weight is 268 g/mol. The summed E-state index contributed by atoms with van der Waals surface area (Å²) in [6.07, 6.45) is 0.981. The molecule has 1 N–H and O–H groups in total. The van der Waals surface area contributed by atoms with Gasteiger partial charge in [0.05, 0.1) is 11.6 Å². The van der Waals surface area contributed by atoms with E-state index in [9.17, 15) is 4.79 Å². The number of anilines is 1. The van der Waals surface area contributed by atoms with Crippen molar-refractivity contribution < 1.29 is 4.79 Å². The molecule has 2 aliphatic rings. The fraction of sp³-hybridized carbons (Fsp3) is 0.636. The lowest BCUT2D eigenvalue weighted by Gasteiger charge is -2.33. The molecule has 18 heavy (non-hydrogen) atoms. The lowest BCUT2D eigenvalue weighted by Crippen LogP contribution is -2.42. The number of amides is 1. The lowest BCUT2D eigenvalue weighted by atomic mass is 9.88. The van der Waals surface area contributed by atoms with E-state index in [4.69, 9.17) is 11.6 Å². The van der Waals surface area contributed by atoms with Gasteiger partial charge in [-0.15, -0.1) is 10.2 Å². The summed E-state index contributed by atoms with van der Waals surface area (Å²) in [5, 5.41) is 11.1. The van der Waals surface area contributed by atoms with E-state index in [0.29, 0.717) is 29.3 Å². The van der Waals surface area contributed by atoms with Crippen LogP contribution in [0, 0.1) is 18.8 Å². The van der Waals surface area contributed by atoms with Gasteiger partial charge >= 0.3 is 0 Å². The van der Waals surface area contributed by atoms with E-state index in [-0.39, 0.29) is 11.8 Å². The molecule has 3 heterocycles. The molecule has 2 fully saturated rings. The monoisotopic (exact) mass is 267 g/mol. The highest BCUT2D eigenvalue weighted by Gasteiger charge is 2.39. The summed E-state index contributed by atoms with van der Waals surface area (Å²) in [5.74, 6) is 1.21. The number of aromatic nitrogens is 3. The minimum atomic E-state index is 0.0540. The molecule has 2 atom stereocenters. The van der Waals surface area contributed by atoms with Gasteiger partial charge in [0.1, 0.15) is 0 Å². The Morgan fingerprint density at radius 3 is 3.06 bits per heavy atom. The van der Waals surface area contributed by atoms with Crippen LogP contribution in [0.4, 0.5) is 5.95 Å². The van der Waals surface area contributed by atoms with Crippen molar-refractivity contribution in [1.29, 1.82) is 0 Å². The Kier molecular flexibility index (Phi) is 2.81. The second kappa shape index (κ2) is 4.35.